The molecule has 7 nitrogen and oxygen atoms in total. The molecule has 0 aliphatic rings. The highest BCUT2D eigenvalue weighted by molar-refractivity contribution is 6.31. The van der Waals surface area contributed by atoms with Crippen LogP contribution in [0.2, 0.25) is 5.02 Å². The normalized spacial score (nSPS) is 10.9. The maximum atomic E-state index is 14.0. The lowest BCUT2D eigenvalue weighted by atomic mass is 10.2. The Balaban J connectivity index is 1.44. The molecular formula is C22H17ClF2N4O3. The van der Waals surface area contributed by atoms with Gasteiger partial charge < -0.3 is 14.6 Å². The number of ether oxygens (including phenoxy) is 1. The molecule has 2 aromatic carbocycles. The number of aromatic nitrogens is 3. The van der Waals surface area contributed by atoms with Crippen LogP contribution in [0.1, 0.15) is 27.4 Å². The van der Waals surface area contributed by atoms with E-state index in [-0.39, 0.29) is 35.5 Å². The molecule has 0 aliphatic carbocycles. The maximum Gasteiger partial charge on any atom is 0.279 e. The molecule has 164 valence electrons. The third-order valence-electron chi connectivity index (χ3n) is 4.66. The summed E-state index contributed by atoms with van der Waals surface area (Å²) in [7, 11) is 0. The number of amides is 1. The molecule has 0 fully saturated rings. The fraction of sp³-hybridized carbons (Fsp3) is 0.136. The predicted molar refractivity (Wildman–Crippen MR) is 113 cm³/mol. The summed E-state index contributed by atoms with van der Waals surface area (Å²) in [5, 5.41) is 10.9. The van der Waals surface area contributed by atoms with Gasteiger partial charge in [-0.3, -0.25) is 9.48 Å². The van der Waals surface area contributed by atoms with Crippen LogP contribution in [0, 0.1) is 18.6 Å². The van der Waals surface area contributed by atoms with Gasteiger partial charge in [0, 0.05) is 22.8 Å². The second-order valence-corrected chi connectivity index (χ2v) is 7.27. The highest BCUT2D eigenvalue weighted by atomic mass is 35.5. The van der Waals surface area contributed by atoms with E-state index in [1.165, 1.54) is 41.1 Å². The first-order valence-electron chi connectivity index (χ1n) is 9.52. The molecular weight excluding hydrogens is 442 g/mol. The number of hydrogen-bond acceptors (Lipinski definition) is 5. The fourth-order valence-corrected chi connectivity index (χ4v) is 3.19. The van der Waals surface area contributed by atoms with Crippen LogP contribution >= 0.6 is 11.6 Å². The average Bonchev–Trinajstić information content (AvgIpc) is 3.36. The minimum atomic E-state index is -0.547. The van der Waals surface area contributed by atoms with Gasteiger partial charge in [0.2, 0.25) is 0 Å². The number of carbonyl (C=O) groups is 1. The number of aryl methyl sites for hydroxylation is 1. The van der Waals surface area contributed by atoms with E-state index >= 15 is 0 Å². The van der Waals surface area contributed by atoms with Crippen molar-refractivity contribution in [1.82, 2.24) is 14.9 Å². The number of rotatable bonds is 7. The highest BCUT2D eigenvalue weighted by Gasteiger charge is 2.21. The summed E-state index contributed by atoms with van der Waals surface area (Å²) in [6.45, 7) is 1.76. The van der Waals surface area contributed by atoms with Crippen LogP contribution in [0.5, 0.6) is 5.75 Å². The molecule has 4 aromatic rings. The third-order valence-corrected chi connectivity index (χ3v) is 5.01. The van der Waals surface area contributed by atoms with E-state index in [4.69, 9.17) is 20.9 Å². The molecule has 1 N–H and O–H groups in total. The van der Waals surface area contributed by atoms with Gasteiger partial charge in [-0.05, 0) is 43.3 Å². The van der Waals surface area contributed by atoms with Crippen LogP contribution < -0.4 is 10.1 Å². The minimum absolute atomic E-state index is 0.00391. The van der Waals surface area contributed by atoms with E-state index in [2.05, 4.69) is 15.6 Å². The number of nitrogens with one attached hydrogen (secondary N) is 1. The first-order chi connectivity index (χ1) is 15.4. The molecule has 0 bridgehead atoms. The SMILES string of the molecule is Cc1onc(C(=O)Nc2ccn(Cc3c(F)cccc3Cl)n2)c1COc1ccc(F)cc1. The Bertz CT molecular complexity index is 1230. The van der Waals surface area contributed by atoms with Crippen LogP contribution in [0.3, 0.4) is 0 Å². The highest BCUT2D eigenvalue weighted by Crippen LogP contribution is 2.21. The van der Waals surface area contributed by atoms with Gasteiger partial charge in [-0.15, -0.1) is 0 Å². The number of anilines is 1. The zero-order valence-corrected chi connectivity index (χ0v) is 17.6. The summed E-state index contributed by atoms with van der Waals surface area (Å²) in [5.74, 6) is -0.277. The maximum absolute atomic E-state index is 14.0. The number of carbonyl (C=O) groups excluding carboxylic acids is 1. The first kappa shape index (κ1) is 21.5. The molecule has 1 amide bonds. The van der Waals surface area contributed by atoms with Gasteiger partial charge in [0.1, 0.15) is 29.8 Å². The van der Waals surface area contributed by atoms with Gasteiger partial charge in [0.05, 0.1) is 12.1 Å². The summed E-state index contributed by atoms with van der Waals surface area (Å²) in [4.78, 5) is 12.7. The van der Waals surface area contributed by atoms with Crippen molar-refractivity contribution >= 4 is 23.3 Å². The lowest BCUT2D eigenvalue weighted by Crippen LogP contribution is -2.16. The second kappa shape index (κ2) is 9.19. The number of benzene rings is 2. The van der Waals surface area contributed by atoms with E-state index < -0.39 is 11.7 Å². The van der Waals surface area contributed by atoms with Crippen molar-refractivity contribution in [2.45, 2.75) is 20.1 Å². The lowest BCUT2D eigenvalue weighted by molar-refractivity contribution is 0.101. The van der Waals surface area contributed by atoms with Crippen LogP contribution in [0.4, 0.5) is 14.6 Å². The molecule has 0 spiro atoms. The van der Waals surface area contributed by atoms with Gasteiger partial charge in [-0.2, -0.15) is 5.10 Å². The Hall–Kier alpha value is -3.72. The van der Waals surface area contributed by atoms with Crippen LogP contribution in [-0.2, 0) is 13.2 Å². The average molecular weight is 459 g/mol. The molecule has 10 heteroatoms. The number of hydrogen-bond donors (Lipinski definition) is 1. The Morgan fingerprint density at radius 2 is 1.94 bits per heavy atom. The van der Waals surface area contributed by atoms with Crippen LogP contribution in [0.25, 0.3) is 0 Å². The lowest BCUT2D eigenvalue weighted by Gasteiger charge is -2.07. The fourth-order valence-electron chi connectivity index (χ4n) is 2.96. The Morgan fingerprint density at radius 1 is 1.16 bits per heavy atom. The van der Waals surface area contributed by atoms with Gasteiger partial charge in [0.25, 0.3) is 5.91 Å². The van der Waals surface area contributed by atoms with Crippen molar-refractivity contribution in [3.8, 4) is 5.75 Å². The first-order valence-corrected chi connectivity index (χ1v) is 9.89. The molecule has 2 aromatic heterocycles. The van der Waals surface area contributed by atoms with Crippen molar-refractivity contribution in [1.29, 1.82) is 0 Å². The summed E-state index contributed by atoms with van der Waals surface area (Å²) < 4.78 is 39.2. The quantitative estimate of drug-likeness (QED) is 0.422. The standard InChI is InChI=1S/C22H17ClF2N4O3/c1-13-17(12-31-15-7-5-14(24)6-8-15)21(28-32-13)22(30)26-20-9-10-29(27-20)11-16-18(23)3-2-4-19(16)25/h2-10H,11-12H2,1H3,(H,26,27,30). The van der Waals surface area contributed by atoms with E-state index in [9.17, 15) is 13.6 Å². The van der Waals surface area contributed by atoms with Gasteiger partial charge >= 0.3 is 0 Å². The van der Waals surface area contributed by atoms with Crippen molar-refractivity contribution < 1.29 is 22.8 Å². The monoisotopic (exact) mass is 458 g/mol. The molecule has 0 radical (unpaired) electrons. The van der Waals surface area contributed by atoms with Gasteiger partial charge in [0.15, 0.2) is 11.5 Å². The van der Waals surface area contributed by atoms with Crippen molar-refractivity contribution in [2.24, 2.45) is 0 Å². The summed E-state index contributed by atoms with van der Waals surface area (Å²) in [6.07, 6.45) is 1.59. The number of nitrogens with zero attached hydrogens (tertiary/aromatic N) is 3. The van der Waals surface area contributed by atoms with Gasteiger partial charge in [-0.1, -0.05) is 22.8 Å². The third kappa shape index (κ3) is 4.78. The number of halogens is 3. The molecule has 0 aliphatic heterocycles. The molecule has 4 rings (SSSR count). The smallest absolute Gasteiger partial charge is 0.279 e. The summed E-state index contributed by atoms with van der Waals surface area (Å²) >= 11 is 6.05. The van der Waals surface area contributed by atoms with Crippen LogP contribution in [-0.4, -0.2) is 20.8 Å². The van der Waals surface area contributed by atoms with Crippen LogP contribution in [0.15, 0.2) is 59.3 Å². The molecule has 2 heterocycles. The largest absolute Gasteiger partial charge is 0.489 e. The topological polar surface area (TPSA) is 82.2 Å². The zero-order chi connectivity index (χ0) is 22.7. The molecule has 0 atom stereocenters. The zero-order valence-electron chi connectivity index (χ0n) is 16.8. The molecule has 32 heavy (non-hydrogen) atoms. The van der Waals surface area contributed by atoms with E-state index in [1.807, 2.05) is 0 Å². The minimum Gasteiger partial charge on any atom is -0.489 e. The summed E-state index contributed by atoms with van der Waals surface area (Å²) in [5.41, 5.74) is 0.781. The Kier molecular flexibility index (Phi) is 6.18. The Labute approximate surface area is 186 Å². The van der Waals surface area contributed by atoms with E-state index in [1.54, 1.807) is 25.3 Å². The van der Waals surface area contributed by atoms with Gasteiger partial charge in [-0.25, -0.2) is 8.78 Å². The summed E-state index contributed by atoms with van der Waals surface area (Å²) in [6, 6.07) is 11.5. The Morgan fingerprint density at radius 3 is 2.69 bits per heavy atom. The van der Waals surface area contributed by atoms with E-state index in [0.717, 1.165) is 0 Å². The van der Waals surface area contributed by atoms with E-state index in [0.29, 0.717) is 22.6 Å². The molecule has 0 unspecified atom stereocenters. The van der Waals surface area contributed by atoms with Crippen molar-refractivity contribution in [3.63, 3.8) is 0 Å². The molecule has 0 saturated carbocycles. The predicted octanol–water partition coefficient (Wildman–Crippen LogP) is 4.99. The second-order valence-electron chi connectivity index (χ2n) is 6.86. The van der Waals surface area contributed by atoms with Crippen molar-refractivity contribution in [3.05, 3.63) is 94.0 Å². The van der Waals surface area contributed by atoms with Crippen molar-refractivity contribution in [2.75, 3.05) is 5.32 Å². The molecule has 0 saturated heterocycles.